The first kappa shape index (κ1) is 16.9. The van der Waals surface area contributed by atoms with Gasteiger partial charge in [-0.1, -0.05) is 32.1 Å². The summed E-state index contributed by atoms with van der Waals surface area (Å²) in [6.07, 6.45) is 0. The molecule has 0 saturated heterocycles. The average molecular weight is 358 g/mol. The fraction of sp³-hybridized carbons (Fsp3) is 0.429. The monoisotopic (exact) mass is 357 g/mol. The molecule has 20 heavy (non-hydrogen) atoms. The topological polar surface area (TPSA) is 67.2 Å². The molecule has 0 radical (unpaired) electrons. The Bertz CT molecular complexity index is 505. The molecule has 0 spiro atoms. The predicted molar refractivity (Wildman–Crippen MR) is 91.0 cm³/mol. The Labute approximate surface area is 133 Å². The summed E-state index contributed by atoms with van der Waals surface area (Å²) in [5.74, 6) is 0.372. The number of thiocarbonyl (C=S) groups is 1. The van der Waals surface area contributed by atoms with Crippen molar-refractivity contribution in [1.82, 2.24) is 5.32 Å². The maximum atomic E-state index is 12.0. The van der Waals surface area contributed by atoms with E-state index in [9.17, 15) is 4.79 Å². The summed E-state index contributed by atoms with van der Waals surface area (Å²) in [6, 6.07) is 5.22. The molecule has 0 aliphatic carbocycles. The number of amides is 1. The van der Waals surface area contributed by atoms with Gasteiger partial charge in [0.2, 0.25) is 5.91 Å². The van der Waals surface area contributed by atoms with Gasteiger partial charge in [-0.2, -0.15) is 0 Å². The molecule has 1 rings (SSSR count). The minimum absolute atomic E-state index is 0.0486. The third kappa shape index (κ3) is 4.76. The van der Waals surface area contributed by atoms with Crippen molar-refractivity contribution in [3.63, 3.8) is 0 Å². The maximum absolute atomic E-state index is 12.0. The van der Waals surface area contributed by atoms with E-state index in [1.807, 2.05) is 18.2 Å². The Balaban J connectivity index is 2.80. The van der Waals surface area contributed by atoms with Gasteiger partial charge >= 0.3 is 0 Å². The molecule has 1 aromatic rings. The summed E-state index contributed by atoms with van der Waals surface area (Å²) >= 11 is 8.46. The van der Waals surface area contributed by atoms with E-state index < -0.39 is 0 Å². The number of carbonyl (C=O) groups is 1. The smallest absolute Gasteiger partial charge is 0.242 e. The predicted octanol–water partition coefficient (Wildman–Crippen LogP) is 2.66. The second-order valence-corrected chi connectivity index (χ2v) is 6.33. The highest BCUT2D eigenvalue weighted by molar-refractivity contribution is 9.10. The molecular weight excluding hydrogens is 338 g/mol. The molecule has 0 fully saturated rings. The summed E-state index contributed by atoms with van der Waals surface area (Å²) < 4.78 is 0.810. The number of halogens is 1. The van der Waals surface area contributed by atoms with E-state index >= 15 is 0 Å². The van der Waals surface area contributed by atoms with Crippen LogP contribution in [0.25, 0.3) is 0 Å². The van der Waals surface area contributed by atoms with Crippen LogP contribution in [0.1, 0.15) is 26.3 Å². The van der Waals surface area contributed by atoms with Gasteiger partial charge in [0.1, 0.15) is 11.0 Å². The normalized spacial score (nSPS) is 12.1. The largest absolute Gasteiger partial charge is 0.389 e. The lowest BCUT2D eigenvalue weighted by molar-refractivity contribution is -0.121. The molecule has 0 aromatic heterocycles. The van der Waals surface area contributed by atoms with Crippen LogP contribution in [0.15, 0.2) is 22.7 Å². The first-order valence-corrected chi connectivity index (χ1v) is 7.65. The second-order valence-electron chi connectivity index (χ2n) is 5.03. The first-order valence-electron chi connectivity index (χ1n) is 6.45. The van der Waals surface area contributed by atoms with Crippen LogP contribution < -0.4 is 16.4 Å². The zero-order chi connectivity index (χ0) is 15.3. The van der Waals surface area contributed by atoms with Gasteiger partial charge in [-0.05, 0) is 40.9 Å². The third-order valence-electron chi connectivity index (χ3n) is 2.71. The van der Waals surface area contributed by atoms with Crippen molar-refractivity contribution in [1.29, 1.82) is 0 Å². The van der Waals surface area contributed by atoms with Crippen LogP contribution in [-0.2, 0) is 4.79 Å². The maximum Gasteiger partial charge on any atom is 0.242 e. The van der Waals surface area contributed by atoms with Crippen LogP contribution in [0.4, 0.5) is 5.69 Å². The Hall–Kier alpha value is -1.14. The molecule has 4 nitrogen and oxygen atoms in total. The number of benzene rings is 1. The molecule has 0 heterocycles. The van der Waals surface area contributed by atoms with Gasteiger partial charge in [-0.25, -0.2) is 0 Å². The summed E-state index contributed by atoms with van der Waals surface area (Å²) in [7, 11) is 0. The molecule has 0 saturated carbocycles. The number of hydrogen-bond acceptors (Lipinski definition) is 3. The Morgan fingerprint density at radius 2 is 2.05 bits per heavy atom. The minimum Gasteiger partial charge on any atom is -0.389 e. The Morgan fingerprint density at radius 1 is 1.40 bits per heavy atom. The van der Waals surface area contributed by atoms with Gasteiger partial charge in [0.25, 0.3) is 0 Å². The lowest BCUT2D eigenvalue weighted by Crippen LogP contribution is -2.39. The van der Waals surface area contributed by atoms with Gasteiger partial charge in [0.05, 0.1) is 0 Å². The van der Waals surface area contributed by atoms with Crippen LogP contribution in [0, 0.1) is 5.92 Å². The standard InChI is InChI=1S/C14H20BrN3OS/c1-8(2)7-17-14(19)9(3)18-11-6-4-5-10(15)12(11)13(16)20/h4-6,8-9,18H,7H2,1-3H3,(H2,16,20)(H,17,19). The van der Waals surface area contributed by atoms with Crippen molar-refractivity contribution in [2.45, 2.75) is 26.8 Å². The van der Waals surface area contributed by atoms with Crippen molar-refractivity contribution >= 4 is 44.7 Å². The first-order chi connectivity index (χ1) is 9.32. The van der Waals surface area contributed by atoms with Gasteiger partial charge in [0, 0.05) is 22.3 Å². The molecule has 0 bridgehead atoms. The molecule has 1 amide bonds. The fourth-order valence-electron chi connectivity index (χ4n) is 1.65. The van der Waals surface area contributed by atoms with Gasteiger partial charge in [-0.15, -0.1) is 0 Å². The summed E-state index contributed by atoms with van der Waals surface area (Å²) in [5.41, 5.74) is 7.19. The molecule has 1 atom stereocenters. The number of nitrogens with one attached hydrogen (secondary N) is 2. The molecule has 4 N–H and O–H groups in total. The highest BCUT2D eigenvalue weighted by atomic mass is 79.9. The molecule has 0 aliphatic heterocycles. The highest BCUT2D eigenvalue weighted by Gasteiger charge is 2.16. The third-order valence-corrected chi connectivity index (χ3v) is 3.57. The van der Waals surface area contributed by atoms with Crippen LogP contribution in [0.5, 0.6) is 0 Å². The number of nitrogens with two attached hydrogens (primary N) is 1. The number of rotatable bonds is 6. The van der Waals surface area contributed by atoms with Crippen LogP contribution in [0.2, 0.25) is 0 Å². The highest BCUT2D eigenvalue weighted by Crippen LogP contribution is 2.25. The van der Waals surface area contributed by atoms with E-state index in [4.69, 9.17) is 18.0 Å². The van der Waals surface area contributed by atoms with E-state index in [0.29, 0.717) is 18.0 Å². The lowest BCUT2D eigenvalue weighted by Gasteiger charge is -2.19. The summed E-state index contributed by atoms with van der Waals surface area (Å²) in [5, 5.41) is 6.03. The summed E-state index contributed by atoms with van der Waals surface area (Å²) in [6.45, 7) is 6.57. The van der Waals surface area contributed by atoms with Crippen LogP contribution in [0.3, 0.4) is 0 Å². The van der Waals surface area contributed by atoms with Crippen molar-refractivity contribution in [3.05, 3.63) is 28.2 Å². The van der Waals surface area contributed by atoms with Crippen molar-refractivity contribution in [2.75, 3.05) is 11.9 Å². The number of carbonyl (C=O) groups excluding carboxylic acids is 1. The number of anilines is 1. The summed E-state index contributed by atoms with van der Waals surface area (Å²) in [4.78, 5) is 12.3. The van der Waals surface area contributed by atoms with Gasteiger partial charge in [0.15, 0.2) is 0 Å². The van der Waals surface area contributed by atoms with E-state index in [1.165, 1.54) is 0 Å². The fourth-order valence-corrected chi connectivity index (χ4v) is 2.58. The molecule has 6 heteroatoms. The number of hydrogen-bond donors (Lipinski definition) is 3. The Morgan fingerprint density at radius 3 is 2.60 bits per heavy atom. The van der Waals surface area contributed by atoms with E-state index in [0.717, 1.165) is 10.2 Å². The van der Waals surface area contributed by atoms with Crippen LogP contribution in [-0.4, -0.2) is 23.5 Å². The molecule has 110 valence electrons. The van der Waals surface area contributed by atoms with Crippen molar-refractivity contribution in [2.24, 2.45) is 11.7 Å². The van der Waals surface area contributed by atoms with E-state index in [1.54, 1.807) is 6.92 Å². The minimum atomic E-state index is -0.365. The van der Waals surface area contributed by atoms with Crippen molar-refractivity contribution < 1.29 is 4.79 Å². The quantitative estimate of drug-likeness (QED) is 0.684. The Kier molecular flexibility index (Phi) is 6.42. The van der Waals surface area contributed by atoms with Crippen LogP contribution >= 0.6 is 28.1 Å². The van der Waals surface area contributed by atoms with Gasteiger partial charge in [-0.3, -0.25) is 4.79 Å². The van der Waals surface area contributed by atoms with E-state index in [2.05, 4.69) is 40.4 Å². The second kappa shape index (κ2) is 7.59. The van der Waals surface area contributed by atoms with Crippen molar-refractivity contribution in [3.8, 4) is 0 Å². The molecular formula is C14H20BrN3OS. The van der Waals surface area contributed by atoms with Gasteiger partial charge < -0.3 is 16.4 Å². The SMILES string of the molecule is CC(C)CNC(=O)C(C)Nc1cccc(Br)c1C(N)=S. The van der Waals surface area contributed by atoms with E-state index in [-0.39, 0.29) is 16.9 Å². The lowest BCUT2D eigenvalue weighted by atomic mass is 10.1. The molecule has 1 aromatic carbocycles. The average Bonchev–Trinajstić information content (AvgIpc) is 2.35. The molecule has 0 aliphatic rings. The molecule has 1 unspecified atom stereocenters. The zero-order valence-corrected chi connectivity index (χ0v) is 14.3. The zero-order valence-electron chi connectivity index (χ0n) is 11.9.